The third-order valence-corrected chi connectivity index (χ3v) is 8.70. The van der Waals surface area contributed by atoms with E-state index in [2.05, 4.69) is 0 Å². The van der Waals surface area contributed by atoms with Crippen molar-refractivity contribution in [3.8, 4) is 0 Å². The Bertz CT molecular complexity index is 987. The van der Waals surface area contributed by atoms with Gasteiger partial charge in [0.1, 0.15) is 0 Å². The maximum atomic E-state index is 11.3. The summed E-state index contributed by atoms with van der Waals surface area (Å²) >= 11 is 0. The van der Waals surface area contributed by atoms with Crippen molar-refractivity contribution >= 4 is 16.8 Å². The number of hydrogen-bond donors (Lipinski definition) is 2. The molecular weight excluding hydrogens is 518 g/mol. The summed E-state index contributed by atoms with van der Waals surface area (Å²) in [6, 6.07) is 38.6. The predicted molar refractivity (Wildman–Crippen MR) is 151 cm³/mol. The first-order valence-electron chi connectivity index (χ1n) is 12.3. The van der Waals surface area contributed by atoms with Crippen molar-refractivity contribution in [2.24, 2.45) is 0 Å². The lowest BCUT2D eigenvalue weighted by Crippen LogP contribution is -2.25. The highest BCUT2D eigenvalue weighted by molar-refractivity contribution is 7.52. The van der Waals surface area contributed by atoms with Crippen LogP contribution < -0.4 is 0 Å². The maximum absolute atomic E-state index is 11.3. The lowest BCUT2D eigenvalue weighted by atomic mass is 10.2. The first-order valence-corrected chi connectivity index (χ1v) is 14.8. The van der Waals surface area contributed by atoms with Crippen LogP contribution >= 0.6 is 16.8 Å². The van der Waals surface area contributed by atoms with Gasteiger partial charge in [0.25, 0.3) is 0 Å². The average Bonchev–Trinajstić information content (AvgIpc) is 2.99. The lowest BCUT2D eigenvalue weighted by Gasteiger charge is -2.30. The molecule has 4 aromatic rings. The van der Waals surface area contributed by atoms with Gasteiger partial charge in [-0.05, 0) is 22.3 Å². The number of benzene rings is 4. The van der Waals surface area contributed by atoms with E-state index in [1.807, 2.05) is 121 Å². The van der Waals surface area contributed by atoms with E-state index in [9.17, 15) is 10.2 Å². The smallest absolute Gasteiger partial charge is 0.205 e. The molecule has 2 N–H and O–H groups in total. The van der Waals surface area contributed by atoms with Crippen LogP contribution in [0.2, 0.25) is 0 Å². The minimum absolute atomic E-state index is 0.235. The number of aliphatic hydroxyl groups excluding tert-OH is 2. The van der Waals surface area contributed by atoms with Crippen molar-refractivity contribution in [3.05, 3.63) is 144 Å². The van der Waals surface area contributed by atoms with Crippen LogP contribution in [0, 0.1) is 0 Å². The van der Waals surface area contributed by atoms with E-state index < -0.39 is 28.4 Å². The van der Waals surface area contributed by atoms with Gasteiger partial charge in [-0.15, -0.1) is 0 Å². The van der Waals surface area contributed by atoms with Gasteiger partial charge in [0.15, 0.2) is 11.7 Å². The summed E-state index contributed by atoms with van der Waals surface area (Å²) in [5.74, 6) is -2.70. The van der Waals surface area contributed by atoms with Crippen LogP contribution in [-0.2, 0) is 44.5 Å². The van der Waals surface area contributed by atoms with E-state index in [1.165, 1.54) is 0 Å². The molecule has 0 aliphatic heterocycles. The number of rotatable bonds is 15. The Morgan fingerprint density at radius 1 is 0.395 bits per heavy atom. The molecule has 0 radical (unpaired) electrons. The molecule has 0 bridgehead atoms. The topological polar surface area (TPSA) is 77.4 Å². The summed E-state index contributed by atoms with van der Waals surface area (Å²) in [5.41, 5.74) is 3.75. The quantitative estimate of drug-likeness (QED) is 0.154. The van der Waals surface area contributed by atoms with E-state index in [-0.39, 0.29) is 26.4 Å². The zero-order chi connectivity index (χ0) is 26.4. The average molecular weight is 551 g/mol. The molecule has 0 aliphatic carbocycles. The third kappa shape index (κ3) is 9.36. The lowest BCUT2D eigenvalue weighted by molar-refractivity contribution is 0.0741. The molecule has 8 heteroatoms. The Kier molecular flexibility index (Phi) is 11.9. The normalized spacial score (nSPS) is 13.1. The van der Waals surface area contributed by atoms with Crippen LogP contribution in [0.15, 0.2) is 121 Å². The summed E-state index contributed by atoms with van der Waals surface area (Å²) < 4.78 is 24.2. The van der Waals surface area contributed by atoms with Crippen molar-refractivity contribution in [1.29, 1.82) is 0 Å². The Hall–Kier alpha value is -2.50. The van der Waals surface area contributed by atoms with Gasteiger partial charge in [-0.25, -0.2) is 0 Å². The fourth-order valence-corrected chi connectivity index (χ4v) is 6.40. The molecule has 0 spiro atoms. The number of aliphatic hydroxyl groups is 2. The molecule has 4 rings (SSSR count). The van der Waals surface area contributed by atoms with E-state index in [4.69, 9.17) is 18.1 Å². The Balaban J connectivity index is 1.46. The first kappa shape index (κ1) is 28.5. The Morgan fingerprint density at radius 3 is 0.816 bits per heavy atom. The zero-order valence-corrected chi connectivity index (χ0v) is 22.7. The van der Waals surface area contributed by atoms with Gasteiger partial charge in [0.05, 0.1) is 26.4 Å². The van der Waals surface area contributed by atoms with Crippen LogP contribution in [0.5, 0.6) is 0 Å². The predicted octanol–water partition coefficient (Wildman–Crippen LogP) is 7.11. The van der Waals surface area contributed by atoms with E-state index in [0.717, 1.165) is 22.3 Å². The molecule has 0 amide bonds. The van der Waals surface area contributed by atoms with Crippen molar-refractivity contribution in [3.63, 3.8) is 0 Å². The molecule has 0 saturated carbocycles. The number of hydrogen-bond acceptors (Lipinski definition) is 6. The third-order valence-electron chi connectivity index (χ3n) is 5.50. The standard InChI is InChI=1S/C30H32O6P2/c31-29(37(33-21-25-13-5-1-6-14-25)34-22-26-15-7-2-8-16-26)30(32)38(35-23-27-17-9-3-10-18-27)36-24-28-19-11-4-12-20-28/h1-20,29-32H,21-24H2. The van der Waals surface area contributed by atoms with Crippen molar-refractivity contribution in [2.75, 3.05) is 0 Å². The molecule has 0 aromatic heterocycles. The zero-order valence-electron chi connectivity index (χ0n) is 21.0. The largest absolute Gasteiger partial charge is 0.380 e. The second-order valence-electron chi connectivity index (χ2n) is 8.43. The summed E-state index contributed by atoms with van der Waals surface area (Å²) in [6.07, 6.45) is 0. The van der Waals surface area contributed by atoms with Crippen molar-refractivity contribution in [2.45, 2.75) is 38.1 Å². The molecule has 0 heterocycles. The van der Waals surface area contributed by atoms with E-state index in [1.54, 1.807) is 0 Å². The maximum Gasteiger partial charge on any atom is 0.205 e. The van der Waals surface area contributed by atoms with Gasteiger partial charge in [-0.2, -0.15) is 0 Å². The second-order valence-corrected chi connectivity index (χ2v) is 11.7. The highest BCUT2D eigenvalue weighted by atomic mass is 31.2. The molecule has 2 unspecified atom stereocenters. The van der Waals surface area contributed by atoms with Crippen LogP contribution in [0.1, 0.15) is 22.3 Å². The SMILES string of the molecule is OC(C(O)P(OCc1ccccc1)OCc1ccccc1)P(OCc1ccccc1)OCc1ccccc1. The second kappa shape index (κ2) is 15.8. The first-order chi connectivity index (χ1) is 18.7. The highest BCUT2D eigenvalue weighted by Gasteiger charge is 2.37. The van der Waals surface area contributed by atoms with Gasteiger partial charge in [-0.1, -0.05) is 121 Å². The van der Waals surface area contributed by atoms with Crippen LogP contribution in [0.25, 0.3) is 0 Å². The minimum Gasteiger partial charge on any atom is -0.380 e. The fraction of sp³-hybridized carbons (Fsp3) is 0.200. The molecule has 4 aromatic carbocycles. The van der Waals surface area contributed by atoms with Gasteiger partial charge in [0, 0.05) is 0 Å². The molecular formula is C30H32O6P2. The van der Waals surface area contributed by atoms with Gasteiger partial charge < -0.3 is 28.3 Å². The van der Waals surface area contributed by atoms with Crippen LogP contribution in [0.3, 0.4) is 0 Å². The Morgan fingerprint density at radius 2 is 0.605 bits per heavy atom. The fourth-order valence-electron chi connectivity index (χ4n) is 3.45. The molecule has 38 heavy (non-hydrogen) atoms. The van der Waals surface area contributed by atoms with Crippen LogP contribution in [0.4, 0.5) is 0 Å². The van der Waals surface area contributed by atoms with Crippen molar-refractivity contribution < 1.29 is 28.3 Å². The monoisotopic (exact) mass is 550 g/mol. The molecule has 0 fully saturated rings. The summed E-state index contributed by atoms with van der Waals surface area (Å²) in [7, 11) is -3.82. The van der Waals surface area contributed by atoms with Gasteiger partial charge in [-0.3, -0.25) is 0 Å². The van der Waals surface area contributed by atoms with E-state index in [0.29, 0.717) is 0 Å². The molecule has 2 atom stereocenters. The molecule has 0 aliphatic rings. The van der Waals surface area contributed by atoms with E-state index >= 15 is 0 Å². The van der Waals surface area contributed by atoms with Crippen molar-refractivity contribution in [1.82, 2.24) is 0 Å². The molecule has 0 saturated heterocycles. The molecule has 198 valence electrons. The summed E-state index contributed by atoms with van der Waals surface area (Å²) in [5, 5.41) is 22.6. The minimum atomic E-state index is -1.91. The summed E-state index contributed by atoms with van der Waals surface area (Å²) in [6.45, 7) is 0.940. The Labute approximate surface area is 226 Å². The van der Waals surface area contributed by atoms with Crippen LogP contribution in [-0.4, -0.2) is 21.9 Å². The summed E-state index contributed by atoms with van der Waals surface area (Å²) in [4.78, 5) is 0. The highest BCUT2D eigenvalue weighted by Crippen LogP contribution is 2.55. The van der Waals surface area contributed by atoms with Gasteiger partial charge >= 0.3 is 0 Å². The van der Waals surface area contributed by atoms with Gasteiger partial charge in [0.2, 0.25) is 16.8 Å². The molecule has 6 nitrogen and oxygen atoms in total.